The molecule has 0 aliphatic carbocycles. The number of amides is 2. The van der Waals surface area contributed by atoms with E-state index in [1.165, 1.54) is 0 Å². The van der Waals surface area contributed by atoms with Crippen molar-refractivity contribution in [3.63, 3.8) is 0 Å². The maximum Gasteiger partial charge on any atom is 0.286 e. The van der Waals surface area contributed by atoms with Crippen molar-refractivity contribution in [1.29, 1.82) is 0 Å². The maximum absolute atomic E-state index is 11.7. The number of hydrogen-bond acceptors (Lipinski definition) is 7. The summed E-state index contributed by atoms with van der Waals surface area (Å²) in [5.74, 6) is 0.387. The number of aliphatic hydroxyl groups is 1. The largest absolute Gasteiger partial charge is 0.490 e. The first-order chi connectivity index (χ1) is 13.9. The van der Waals surface area contributed by atoms with Crippen molar-refractivity contribution in [2.45, 2.75) is 44.3 Å². The van der Waals surface area contributed by atoms with Crippen LogP contribution in [-0.2, 0) is 22.4 Å². The lowest BCUT2D eigenvalue weighted by molar-refractivity contribution is -0.136. The molecule has 154 valence electrons. The summed E-state index contributed by atoms with van der Waals surface area (Å²) in [5, 5.41) is 11.2. The number of imide groups is 1. The van der Waals surface area contributed by atoms with E-state index in [1.54, 1.807) is 13.1 Å². The summed E-state index contributed by atoms with van der Waals surface area (Å²) in [5.41, 5.74) is 2.75. The zero-order valence-electron chi connectivity index (χ0n) is 16.3. The second-order valence-corrected chi connectivity index (χ2v) is 7.89. The average Bonchev–Trinajstić information content (AvgIpc) is 3.03. The van der Waals surface area contributed by atoms with Crippen LogP contribution in [0, 0.1) is 0 Å². The fraction of sp³-hybridized carbons (Fsp3) is 0.381. The highest BCUT2D eigenvalue weighted by Gasteiger charge is 2.31. The fourth-order valence-corrected chi connectivity index (χ4v) is 3.76. The molecule has 2 heterocycles. The number of carbonyl (C=O) groups is 2. The number of pyridine rings is 1. The van der Waals surface area contributed by atoms with Crippen LogP contribution in [0.25, 0.3) is 0 Å². The molecule has 0 spiro atoms. The van der Waals surface area contributed by atoms with E-state index < -0.39 is 17.6 Å². The molecule has 1 aromatic heterocycles. The molecular weight excluding hydrogens is 392 g/mol. The second kappa shape index (κ2) is 9.87. The van der Waals surface area contributed by atoms with Gasteiger partial charge < -0.3 is 14.6 Å². The van der Waals surface area contributed by atoms with Crippen LogP contribution in [-0.4, -0.2) is 39.4 Å². The molecule has 1 saturated heterocycles. The number of rotatable bonds is 9. The van der Waals surface area contributed by atoms with Crippen LogP contribution in [0.5, 0.6) is 5.75 Å². The van der Waals surface area contributed by atoms with Gasteiger partial charge in [0, 0.05) is 6.20 Å². The first kappa shape index (κ1) is 21.3. The van der Waals surface area contributed by atoms with E-state index in [2.05, 4.69) is 17.2 Å². The summed E-state index contributed by atoms with van der Waals surface area (Å²) < 4.78 is 11.4. The Labute approximate surface area is 173 Å². The summed E-state index contributed by atoms with van der Waals surface area (Å²) >= 11 is 1.01. The van der Waals surface area contributed by atoms with E-state index in [4.69, 9.17) is 9.47 Å². The van der Waals surface area contributed by atoms with Gasteiger partial charge in [-0.2, -0.15) is 0 Å². The van der Waals surface area contributed by atoms with Crippen LogP contribution in [0.4, 0.5) is 4.79 Å². The second-order valence-electron chi connectivity index (χ2n) is 6.71. The van der Waals surface area contributed by atoms with Crippen LogP contribution in [0.2, 0.25) is 0 Å². The Balaban J connectivity index is 1.60. The summed E-state index contributed by atoms with van der Waals surface area (Å²) in [6.45, 7) is 3.80. The predicted octanol–water partition coefficient (Wildman–Crippen LogP) is 3.01. The van der Waals surface area contributed by atoms with Crippen molar-refractivity contribution in [1.82, 2.24) is 10.3 Å². The van der Waals surface area contributed by atoms with E-state index in [0.29, 0.717) is 17.9 Å². The fourth-order valence-electron chi connectivity index (χ4n) is 2.90. The summed E-state index contributed by atoms with van der Waals surface area (Å²) in [4.78, 5) is 27.4. The Bertz CT molecular complexity index is 839. The molecule has 3 atom stereocenters. The molecule has 1 fully saturated rings. The lowest BCUT2D eigenvalue weighted by Crippen LogP contribution is -2.25. The first-order valence-corrected chi connectivity index (χ1v) is 10.3. The van der Waals surface area contributed by atoms with Gasteiger partial charge in [-0.05, 0) is 49.1 Å². The monoisotopic (exact) mass is 416 g/mol. The zero-order chi connectivity index (χ0) is 20.8. The van der Waals surface area contributed by atoms with Crippen LogP contribution in [0.15, 0.2) is 42.6 Å². The molecule has 8 heteroatoms. The normalized spacial score (nSPS) is 18.4. The highest BCUT2D eigenvalue weighted by atomic mass is 32.2. The highest BCUT2D eigenvalue weighted by Crippen LogP contribution is 2.25. The minimum Gasteiger partial charge on any atom is -0.490 e. The van der Waals surface area contributed by atoms with E-state index in [0.717, 1.165) is 29.3 Å². The maximum atomic E-state index is 11.7. The number of ether oxygens (including phenoxy) is 2. The van der Waals surface area contributed by atoms with Gasteiger partial charge in [0.15, 0.2) is 6.29 Å². The van der Waals surface area contributed by atoms with Crippen molar-refractivity contribution in [3.05, 3.63) is 59.4 Å². The van der Waals surface area contributed by atoms with Gasteiger partial charge in [-0.3, -0.25) is 19.9 Å². The lowest BCUT2D eigenvalue weighted by Gasteiger charge is -2.20. The Morgan fingerprint density at radius 3 is 2.45 bits per heavy atom. The van der Waals surface area contributed by atoms with Gasteiger partial charge >= 0.3 is 0 Å². The Kier molecular flexibility index (Phi) is 7.24. The van der Waals surface area contributed by atoms with Gasteiger partial charge in [0.25, 0.3) is 5.24 Å². The standard InChI is InChI=1S/C21H24N2O5S/c1-3-14-6-9-17(22-11-14)18(28-13(2)24)12-27-16-7-4-15(5-8-16)10-19-20(25)23-21(26)29-19/h4-9,11,13,18-19,24H,3,10,12H2,1-2H3,(H,23,25,26)/t13?,18-,19?/m1/s1. The molecule has 2 amide bonds. The number of hydrogen-bond donors (Lipinski definition) is 2. The number of carbonyl (C=O) groups excluding carboxylic acids is 2. The van der Waals surface area contributed by atoms with E-state index in [-0.39, 0.29) is 17.8 Å². The summed E-state index contributed by atoms with van der Waals surface area (Å²) in [6.07, 6.45) is 1.71. The minimum absolute atomic E-state index is 0.193. The van der Waals surface area contributed by atoms with Crippen LogP contribution < -0.4 is 10.1 Å². The van der Waals surface area contributed by atoms with Crippen molar-refractivity contribution >= 4 is 22.9 Å². The molecule has 3 rings (SSSR count). The smallest absolute Gasteiger partial charge is 0.286 e. The molecular formula is C21H24N2O5S. The van der Waals surface area contributed by atoms with E-state index >= 15 is 0 Å². The van der Waals surface area contributed by atoms with Crippen molar-refractivity contribution in [2.75, 3.05) is 6.61 Å². The van der Waals surface area contributed by atoms with Crippen molar-refractivity contribution in [2.24, 2.45) is 0 Å². The topological polar surface area (TPSA) is 97.8 Å². The Morgan fingerprint density at radius 2 is 1.90 bits per heavy atom. The molecule has 2 unspecified atom stereocenters. The van der Waals surface area contributed by atoms with Crippen LogP contribution >= 0.6 is 11.8 Å². The SMILES string of the molecule is CCc1ccc([C@@H](COc2ccc(CC3SC(=O)NC3=O)cc2)OC(C)O)nc1. The Hall–Kier alpha value is -2.42. The van der Waals surface area contributed by atoms with Gasteiger partial charge in [0.05, 0.1) is 10.9 Å². The number of aliphatic hydroxyl groups excluding tert-OH is 1. The third-order valence-electron chi connectivity index (χ3n) is 4.46. The third kappa shape index (κ3) is 6.03. The molecule has 0 saturated carbocycles. The van der Waals surface area contributed by atoms with E-state index in [1.807, 2.05) is 36.4 Å². The Morgan fingerprint density at radius 1 is 1.17 bits per heavy atom. The number of nitrogens with one attached hydrogen (secondary N) is 1. The van der Waals surface area contributed by atoms with Crippen molar-refractivity contribution in [3.8, 4) is 5.75 Å². The van der Waals surface area contributed by atoms with Gasteiger partial charge in [-0.25, -0.2) is 0 Å². The van der Waals surface area contributed by atoms with Gasteiger partial charge in [-0.15, -0.1) is 0 Å². The molecule has 0 bridgehead atoms. The summed E-state index contributed by atoms with van der Waals surface area (Å²) in [7, 11) is 0. The average molecular weight is 416 g/mol. The third-order valence-corrected chi connectivity index (χ3v) is 5.44. The van der Waals surface area contributed by atoms with Gasteiger partial charge in [-0.1, -0.05) is 36.9 Å². The number of benzene rings is 1. The van der Waals surface area contributed by atoms with Crippen LogP contribution in [0.1, 0.15) is 36.8 Å². The van der Waals surface area contributed by atoms with Crippen molar-refractivity contribution < 1.29 is 24.2 Å². The van der Waals surface area contributed by atoms with Gasteiger partial charge in [0.1, 0.15) is 18.5 Å². The predicted molar refractivity (Wildman–Crippen MR) is 110 cm³/mol. The molecule has 1 aromatic carbocycles. The lowest BCUT2D eigenvalue weighted by atomic mass is 10.1. The molecule has 1 aliphatic heterocycles. The van der Waals surface area contributed by atoms with E-state index in [9.17, 15) is 14.7 Å². The molecule has 7 nitrogen and oxygen atoms in total. The quantitative estimate of drug-likeness (QED) is 0.607. The number of nitrogens with zero attached hydrogens (tertiary/aromatic N) is 1. The summed E-state index contributed by atoms with van der Waals surface area (Å²) in [6, 6.07) is 11.2. The molecule has 0 radical (unpaired) electrons. The molecule has 29 heavy (non-hydrogen) atoms. The zero-order valence-corrected chi connectivity index (χ0v) is 17.1. The number of aromatic nitrogens is 1. The highest BCUT2D eigenvalue weighted by molar-refractivity contribution is 8.15. The minimum atomic E-state index is -0.948. The molecule has 1 aliphatic rings. The molecule has 2 N–H and O–H groups in total. The first-order valence-electron chi connectivity index (χ1n) is 9.46. The molecule has 2 aromatic rings. The number of aryl methyl sites for hydroxylation is 1. The number of thioether (sulfide) groups is 1. The van der Waals surface area contributed by atoms with Crippen LogP contribution in [0.3, 0.4) is 0 Å². The van der Waals surface area contributed by atoms with Gasteiger partial charge in [0.2, 0.25) is 5.91 Å².